The number of carbonyl (C=O) groups excluding carboxylic acids is 2. The maximum atomic E-state index is 12.3. The maximum absolute atomic E-state index is 12.3. The Kier molecular flexibility index (Phi) is 5.55. The van der Waals surface area contributed by atoms with Gasteiger partial charge in [0.05, 0.1) is 7.11 Å². The van der Waals surface area contributed by atoms with E-state index in [1.807, 2.05) is 31.2 Å². The molecule has 2 aromatic carbocycles. The number of hydrogen-bond donors (Lipinski definition) is 1. The SMILES string of the molecule is COC(=O)/C(=C\C(=O)c1ccc(Cl)cc1)Nc1ccc(C)cc1. The Balaban J connectivity index is 2.26. The summed E-state index contributed by atoms with van der Waals surface area (Å²) in [6, 6.07) is 13.9. The Bertz CT molecular complexity index is 734. The standard InChI is InChI=1S/C18H16ClNO3/c1-12-3-9-15(10-4-12)20-16(18(22)23-2)11-17(21)13-5-7-14(19)8-6-13/h3-11,20H,1-2H3/b16-11+. The minimum Gasteiger partial charge on any atom is -0.464 e. The molecule has 4 nitrogen and oxygen atoms in total. The van der Waals surface area contributed by atoms with Gasteiger partial charge in [0.1, 0.15) is 5.70 Å². The van der Waals surface area contributed by atoms with Crippen LogP contribution < -0.4 is 5.32 Å². The first-order valence-corrected chi connectivity index (χ1v) is 7.31. The minimum atomic E-state index is -0.618. The van der Waals surface area contributed by atoms with Gasteiger partial charge in [-0.25, -0.2) is 4.79 Å². The van der Waals surface area contributed by atoms with E-state index in [1.54, 1.807) is 24.3 Å². The number of nitrogens with one attached hydrogen (secondary N) is 1. The first-order chi connectivity index (χ1) is 11.0. The highest BCUT2D eigenvalue weighted by Gasteiger charge is 2.13. The molecule has 23 heavy (non-hydrogen) atoms. The quantitative estimate of drug-likeness (QED) is 0.512. The summed E-state index contributed by atoms with van der Waals surface area (Å²) in [7, 11) is 1.26. The van der Waals surface area contributed by atoms with E-state index in [2.05, 4.69) is 5.32 Å². The van der Waals surface area contributed by atoms with Crippen LogP contribution in [0.5, 0.6) is 0 Å². The lowest BCUT2D eigenvalue weighted by Gasteiger charge is -2.09. The van der Waals surface area contributed by atoms with Gasteiger partial charge in [-0.15, -0.1) is 0 Å². The molecule has 1 N–H and O–H groups in total. The molecule has 0 radical (unpaired) electrons. The van der Waals surface area contributed by atoms with Crippen molar-refractivity contribution < 1.29 is 14.3 Å². The molecule has 0 unspecified atom stereocenters. The van der Waals surface area contributed by atoms with Crippen LogP contribution >= 0.6 is 11.6 Å². The van der Waals surface area contributed by atoms with Crippen molar-refractivity contribution in [3.63, 3.8) is 0 Å². The van der Waals surface area contributed by atoms with Gasteiger partial charge in [-0.1, -0.05) is 29.3 Å². The van der Waals surface area contributed by atoms with Gasteiger partial charge >= 0.3 is 5.97 Å². The number of hydrogen-bond acceptors (Lipinski definition) is 4. The second kappa shape index (κ2) is 7.61. The van der Waals surface area contributed by atoms with Gasteiger partial charge < -0.3 is 10.1 Å². The first-order valence-electron chi connectivity index (χ1n) is 6.93. The molecule has 0 spiro atoms. The van der Waals surface area contributed by atoms with Crippen LogP contribution in [0.1, 0.15) is 15.9 Å². The van der Waals surface area contributed by atoms with Crippen LogP contribution in [0.15, 0.2) is 60.3 Å². The Morgan fingerprint density at radius 2 is 1.65 bits per heavy atom. The van der Waals surface area contributed by atoms with E-state index in [9.17, 15) is 9.59 Å². The number of ether oxygens (including phenoxy) is 1. The molecule has 2 rings (SSSR count). The highest BCUT2D eigenvalue weighted by Crippen LogP contribution is 2.14. The molecule has 2 aromatic rings. The average Bonchev–Trinajstić information content (AvgIpc) is 2.56. The Labute approximate surface area is 139 Å². The largest absolute Gasteiger partial charge is 0.464 e. The number of methoxy groups -OCH3 is 1. The van der Waals surface area contributed by atoms with E-state index in [0.717, 1.165) is 5.56 Å². The fourth-order valence-electron chi connectivity index (χ4n) is 1.88. The highest BCUT2D eigenvalue weighted by molar-refractivity contribution is 6.30. The lowest BCUT2D eigenvalue weighted by molar-refractivity contribution is -0.135. The van der Waals surface area contributed by atoms with Crippen LogP contribution in [0.4, 0.5) is 5.69 Å². The summed E-state index contributed by atoms with van der Waals surface area (Å²) in [5, 5.41) is 3.45. The molecular weight excluding hydrogens is 314 g/mol. The minimum absolute atomic E-state index is 0.0660. The summed E-state index contributed by atoms with van der Waals surface area (Å²) in [6.07, 6.45) is 1.22. The molecule has 0 fully saturated rings. The normalized spacial score (nSPS) is 11.0. The highest BCUT2D eigenvalue weighted by atomic mass is 35.5. The third kappa shape index (κ3) is 4.69. The fraction of sp³-hybridized carbons (Fsp3) is 0.111. The second-order valence-corrected chi connectivity index (χ2v) is 5.35. The van der Waals surface area contributed by atoms with Crippen LogP contribution in [-0.4, -0.2) is 18.9 Å². The van der Waals surface area contributed by atoms with Gasteiger partial charge in [0.15, 0.2) is 5.78 Å². The van der Waals surface area contributed by atoms with Crippen molar-refractivity contribution in [2.24, 2.45) is 0 Å². The Morgan fingerprint density at radius 3 is 2.22 bits per heavy atom. The fourth-order valence-corrected chi connectivity index (χ4v) is 2.00. The molecule has 0 aliphatic heterocycles. The van der Waals surface area contributed by atoms with E-state index in [-0.39, 0.29) is 11.5 Å². The summed E-state index contributed by atoms with van der Waals surface area (Å²) in [5.74, 6) is -0.936. The average molecular weight is 330 g/mol. The monoisotopic (exact) mass is 329 g/mol. The number of carbonyl (C=O) groups is 2. The molecule has 0 aromatic heterocycles. The van der Waals surface area contributed by atoms with Crippen LogP contribution in [0.25, 0.3) is 0 Å². The summed E-state index contributed by atoms with van der Waals surface area (Å²) in [5.41, 5.74) is 2.28. The van der Waals surface area contributed by atoms with E-state index >= 15 is 0 Å². The number of ketones is 1. The van der Waals surface area contributed by atoms with Gasteiger partial charge in [0, 0.05) is 22.3 Å². The van der Waals surface area contributed by atoms with Gasteiger partial charge in [0.25, 0.3) is 0 Å². The van der Waals surface area contributed by atoms with Crippen molar-refractivity contribution in [2.75, 3.05) is 12.4 Å². The molecule has 0 aliphatic carbocycles. The first kappa shape index (κ1) is 16.8. The topological polar surface area (TPSA) is 55.4 Å². The number of rotatable bonds is 5. The van der Waals surface area contributed by atoms with E-state index in [1.165, 1.54) is 13.2 Å². The zero-order chi connectivity index (χ0) is 16.8. The van der Waals surface area contributed by atoms with Gasteiger partial charge in [-0.05, 0) is 43.3 Å². The van der Waals surface area contributed by atoms with Crippen molar-refractivity contribution in [3.8, 4) is 0 Å². The molecule has 0 amide bonds. The van der Waals surface area contributed by atoms with E-state index in [4.69, 9.17) is 16.3 Å². The Hall–Kier alpha value is -2.59. The molecule has 0 heterocycles. The van der Waals surface area contributed by atoms with E-state index < -0.39 is 5.97 Å². The molecule has 5 heteroatoms. The van der Waals surface area contributed by atoms with Crippen molar-refractivity contribution in [3.05, 3.63) is 76.5 Å². The maximum Gasteiger partial charge on any atom is 0.354 e. The summed E-state index contributed by atoms with van der Waals surface area (Å²) in [4.78, 5) is 24.1. The van der Waals surface area contributed by atoms with Gasteiger partial charge in [-0.3, -0.25) is 4.79 Å². The number of aryl methyl sites for hydroxylation is 1. The zero-order valence-corrected chi connectivity index (χ0v) is 13.6. The van der Waals surface area contributed by atoms with Crippen LogP contribution in [0.3, 0.4) is 0 Å². The number of benzene rings is 2. The smallest absolute Gasteiger partial charge is 0.354 e. The second-order valence-electron chi connectivity index (χ2n) is 4.91. The lowest BCUT2D eigenvalue weighted by Crippen LogP contribution is -2.15. The Morgan fingerprint density at radius 1 is 1.04 bits per heavy atom. The number of anilines is 1. The molecule has 0 bridgehead atoms. The molecule has 118 valence electrons. The molecule has 0 saturated heterocycles. The van der Waals surface area contributed by atoms with Crippen molar-refractivity contribution in [2.45, 2.75) is 6.92 Å². The van der Waals surface area contributed by atoms with Crippen molar-refractivity contribution in [1.29, 1.82) is 0 Å². The van der Waals surface area contributed by atoms with Crippen LogP contribution in [0, 0.1) is 6.92 Å². The molecule has 0 saturated carbocycles. The van der Waals surface area contributed by atoms with Crippen molar-refractivity contribution in [1.82, 2.24) is 0 Å². The van der Waals surface area contributed by atoms with Crippen LogP contribution in [-0.2, 0) is 9.53 Å². The zero-order valence-electron chi connectivity index (χ0n) is 12.8. The third-order valence-corrected chi connectivity index (χ3v) is 3.39. The third-order valence-electron chi connectivity index (χ3n) is 3.14. The lowest BCUT2D eigenvalue weighted by atomic mass is 10.1. The molecular formula is C18H16ClNO3. The van der Waals surface area contributed by atoms with Gasteiger partial charge in [0.2, 0.25) is 0 Å². The predicted molar refractivity (Wildman–Crippen MR) is 90.7 cm³/mol. The summed E-state index contributed by atoms with van der Waals surface area (Å²) < 4.78 is 4.72. The van der Waals surface area contributed by atoms with E-state index in [0.29, 0.717) is 16.3 Å². The van der Waals surface area contributed by atoms with Crippen molar-refractivity contribution >= 4 is 29.0 Å². The van der Waals surface area contributed by atoms with Gasteiger partial charge in [-0.2, -0.15) is 0 Å². The molecule has 0 atom stereocenters. The summed E-state index contributed by atoms with van der Waals surface area (Å²) in [6.45, 7) is 1.96. The summed E-state index contributed by atoms with van der Waals surface area (Å²) >= 11 is 5.80. The number of halogens is 1. The number of allylic oxidation sites excluding steroid dienone is 1. The number of esters is 1. The predicted octanol–water partition coefficient (Wildman–Crippen LogP) is 4.00. The molecule has 0 aliphatic rings. The van der Waals surface area contributed by atoms with Crippen LogP contribution in [0.2, 0.25) is 5.02 Å².